The van der Waals surface area contributed by atoms with E-state index in [0.29, 0.717) is 6.20 Å². The summed E-state index contributed by atoms with van der Waals surface area (Å²) >= 11 is 0. The van der Waals surface area contributed by atoms with Crippen LogP contribution < -0.4 is 11.2 Å². The second-order valence-corrected chi connectivity index (χ2v) is 3.70. The molecule has 1 aromatic heterocycles. The molecule has 1 aliphatic rings. The van der Waals surface area contributed by atoms with Gasteiger partial charge < -0.3 is 15.1 Å². The Labute approximate surface area is 98.9 Å². The molecule has 2 unspecified atom stereocenters. The van der Waals surface area contributed by atoms with Gasteiger partial charge in [-0.05, 0) is 0 Å². The summed E-state index contributed by atoms with van der Waals surface area (Å²) in [5.74, 6) is -1.13. The quantitative estimate of drug-likeness (QED) is 0.455. The van der Waals surface area contributed by atoms with E-state index in [4.69, 9.17) is 15.1 Å². The fourth-order valence-electron chi connectivity index (χ4n) is 1.72. The van der Waals surface area contributed by atoms with Crippen LogP contribution in [0.4, 0.5) is 4.39 Å². The summed E-state index contributed by atoms with van der Waals surface area (Å²) in [6, 6.07) is 0. The zero-order valence-corrected chi connectivity index (χ0v) is 9.04. The largest absolute Gasteiger partial charge is 0.411 e. The molecule has 9 heteroatoms. The standard InChI is InChI=1S/C9H10FN3O5/c10-4-2-13(9(16)11-8(4)15)7-1-5(12-17)6(3-14)18-7/h2,6-7,14,17H,1,3H2,(H,11,15,16)/b12-5-. The minimum atomic E-state index is -1.13. The van der Waals surface area contributed by atoms with E-state index in [1.807, 2.05) is 0 Å². The highest BCUT2D eigenvalue weighted by molar-refractivity contribution is 5.90. The van der Waals surface area contributed by atoms with Crippen LogP contribution in [0, 0.1) is 5.82 Å². The maximum absolute atomic E-state index is 13.1. The van der Waals surface area contributed by atoms with Gasteiger partial charge in [-0.3, -0.25) is 14.3 Å². The maximum Gasteiger partial charge on any atom is 0.330 e. The summed E-state index contributed by atoms with van der Waals surface area (Å²) < 4.78 is 19.1. The second-order valence-electron chi connectivity index (χ2n) is 3.70. The molecule has 18 heavy (non-hydrogen) atoms. The van der Waals surface area contributed by atoms with Crippen molar-refractivity contribution in [2.24, 2.45) is 5.16 Å². The smallest absolute Gasteiger partial charge is 0.330 e. The number of rotatable bonds is 2. The lowest BCUT2D eigenvalue weighted by Crippen LogP contribution is -2.34. The molecule has 0 bridgehead atoms. The van der Waals surface area contributed by atoms with Crippen LogP contribution in [0.2, 0.25) is 0 Å². The van der Waals surface area contributed by atoms with Gasteiger partial charge >= 0.3 is 5.69 Å². The molecule has 3 N–H and O–H groups in total. The molecular formula is C9H10FN3O5. The average molecular weight is 259 g/mol. The van der Waals surface area contributed by atoms with Gasteiger partial charge in [0.25, 0.3) is 5.56 Å². The third-order valence-corrected chi connectivity index (χ3v) is 2.61. The SMILES string of the molecule is O=c1[nH]c(=O)n(C2C/C(=N/O)C(CO)O2)cc1F. The van der Waals surface area contributed by atoms with Crippen molar-refractivity contribution in [3.63, 3.8) is 0 Å². The fourth-order valence-corrected chi connectivity index (χ4v) is 1.72. The molecule has 8 nitrogen and oxygen atoms in total. The van der Waals surface area contributed by atoms with Crippen LogP contribution in [-0.2, 0) is 4.74 Å². The number of nitrogens with one attached hydrogen (secondary N) is 1. The minimum absolute atomic E-state index is 0.00706. The first-order valence-corrected chi connectivity index (χ1v) is 5.05. The Morgan fingerprint density at radius 3 is 2.89 bits per heavy atom. The lowest BCUT2D eigenvalue weighted by atomic mass is 10.2. The highest BCUT2D eigenvalue weighted by atomic mass is 19.1. The molecule has 2 rings (SSSR count). The van der Waals surface area contributed by atoms with E-state index in [2.05, 4.69) is 5.16 Å². The van der Waals surface area contributed by atoms with Crippen molar-refractivity contribution < 1.29 is 19.4 Å². The van der Waals surface area contributed by atoms with Crippen molar-refractivity contribution in [1.29, 1.82) is 0 Å². The summed E-state index contributed by atoms with van der Waals surface area (Å²) in [7, 11) is 0. The molecule has 1 aliphatic heterocycles. The fraction of sp³-hybridized carbons (Fsp3) is 0.444. The zero-order chi connectivity index (χ0) is 13.3. The van der Waals surface area contributed by atoms with E-state index in [-0.39, 0.29) is 12.1 Å². The van der Waals surface area contributed by atoms with Gasteiger partial charge in [-0.1, -0.05) is 5.16 Å². The predicted octanol–water partition coefficient (Wildman–Crippen LogP) is -1.21. The third kappa shape index (κ3) is 2.05. The summed E-state index contributed by atoms with van der Waals surface area (Å²) in [4.78, 5) is 24.1. The van der Waals surface area contributed by atoms with Crippen LogP contribution in [0.5, 0.6) is 0 Å². The Morgan fingerprint density at radius 1 is 1.61 bits per heavy atom. The number of hydrogen-bond acceptors (Lipinski definition) is 6. The third-order valence-electron chi connectivity index (χ3n) is 2.61. The van der Waals surface area contributed by atoms with E-state index in [0.717, 1.165) is 4.57 Å². The Balaban J connectivity index is 2.38. The van der Waals surface area contributed by atoms with E-state index in [1.54, 1.807) is 4.98 Å². The first-order chi connectivity index (χ1) is 8.56. The minimum Gasteiger partial charge on any atom is -0.411 e. The molecule has 0 aliphatic carbocycles. The summed E-state index contributed by atoms with van der Waals surface area (Å²) in [6.45, 7) is -0.434. The van der Waals surface area contributed by atoms with Crippen LogP contribution in [0.3, 0.4) is 0 Å². The normalized spacial score (nSPS) is 25.8. The molecule has 0 amide bonds. The summed E-state index contributed by atoms with van der Waals surface area (Å²) in [5, 5.41) is 20.6. The van der Waals surface area contributed by atoms with Gasteiger partial charge in [-0.15, -0.1) is 0 Å². The lowest BCUT2D eigenvalue weighted by Gasteiger charge is -2.13. The van der Waals surface area contributed by atoms with Crippen LogP contribution in [0.25, 0.3) is 0 Å². The first kappa shape index (κ1) is 12.5. The van der Waals surface area contributed by atoms with Gasteiger partial charge in [-0.25, -0.2) is 4.79 Å². The van der Waals surface area contributed by atoms with E-state index < -0.39 is 36.0 Å². The molecule has 2 atom stereocenters. The number of aromatic amines is 1. The van der Waals surface area contributed by atoms with E-state index in [9.17, 15) is 14.0 Å². The number of ether oxygens (including phenoxy) is 1. The van der Waals surface area contributed by atoms with Gasteiger partial charge in [0.1, 0.15) is 12.3 Å². The Kier molecular flexibility index (Phi) is 3.26. The van der Waals surface area contributed by atoms with Gasteiger partial charge in [0.05, 0.1) is 18.5 Å². The first-order valence-electron chi connectivity index (χ1n) is 5.05. The van der Waals surface area contributed by atoms with Crippen molar-refractivity contribution in [1.82, 2.24) is 9.55 Å². The summed E-state index contributed by atoms with van der Waals surface area (Å²) in [6.07, 6.45) is -1.08. The number of nitrogens with zero attached hydrogens (tertiary/aromatic N) is 2. The van der Waals surface area contributed by atoms with Crippen LogP contribution in [-0.4, -0.2) is 38.3 Å². The van der Waals surface area contributed by atoms with Crippen molar-refractivity contribution >= 4 is 5.71 Å². The van der Waals surface area contributed by atoms with Crippen LogP contribution in [0.1, 0.15) is 12.6 Å². The molecule has 1 fully saturated rings. The van der Waals surface area contributed by atoms with E-state index >= 15 is 0 Å². The van der Waals surface area contributed by atoms with Crippen molar-refractivity contribution in [3.8, 4) is 0 Å². The zero-order valence-electron chi connectivity index (χ0n) is 9.04. The Hall–Kier alpha value is -2.00. The number of aliphatic hydroxyl groups is 1. The highest BCUT2D eigenvalue weighted by Gasteiger charge is 2.33. The highest BCUT2D eigenvalue weighted by Crippen LogP contribution is 2.24. The summed E-state index contributed by atoms with van der Waals surface area (Å²) in [5.41, 5.74) is -1.83. The molecule has 0 spiro atoms. The number of hydrogen-bond donors (Lipinski definition) is 3. The number of aliphatic hydroxyl groups excluding tert-OH is 1. The molecule has 0 saturated carbocycles. The van der Waals surface area contributed by atoms with Crippen molar-refractivity contribution in [3.05, 3.63) is 32.9 Å². The van der Waals surface area contributed by atoms with Crippen LogP contribution in [0.15, 0.2) is 20.9 Å². The number of aromatic nitrogens is 2. The number of H-pyrrole nitrogens is 1. The molecule has 0 radical (unpaired) electrons. The van der Waals surface area contributed by atoms with Crippen LogP contribution >= 0.6 is 0 Å². The van der Waals surface area contributed by atoms with Gasteiger partial charge in [0, 0.05) is 6.42 Å². The lowest BCUT2D eigenvalue weighted by molar-refractivity contribution is -0.0157. The predicted molar refractivity (Wildman–Crippen MR) is 56.1 cm³/mol. The monoisotopic (exact) mass is 259 g/mol. The van der Waals surface area contributed by atoms with E-state index in [1.165, 1.54) is 0 Å². The molecule has 0 aromatic carbocycles. The molecule has 1 aromatic rings. The van der Waals surface area contributed by atoms with Gasteiger partial charge in [0.2, 0.25) is 5.82 Å². The Bertz CT molecular complexity index is 593. The van der Waals surface area contributed by atoms with Gasteiger partial charge in [-0.2, -0.15) is 4.39 Å². The molecule has 1 saturated heterocycles. The van der Waals surface area contributed by atoms with Gasteiger partial charge in [0.15, 0.2) is 0 Å². The maximum atomic E-state index is 13.1. The van der Waals surface area contributed by atoms with Crippen molar-refractivity contribution in [2.45, 2.75) is 18.8 Å². The molecule has 98 valence electrons. The molecule has 2 heterocycles. The topological polar surface area (TPSA) is 117 Å². The Morgan fingerprint density at radius 2 is 2.33 bits per heavy atom. The number of halogens is 1. The second kappa shape index (κ2) is 4.70. The van der Waals surface area contributed by atoms with Crippen molar-refractivity contribution in [2.75, 3.05) is 6.61 Å². The number of oxime groups is 1. The molecular weight excluding hydrogens is 249 g/mol. The average Bonchev–Trinajstić information content (AvgIpc) is 2.76.